The number of aliphatic imine (C=N–C) groups is 1. The van der Waals surface area contributed by atoms with Crippen LogP contribution >= 0.6 is 0 Å². The number of nitrogens with zero attached hydrogens (tertiary/aromatic N) is 5. The summed E-state index contributed by atoms with van der Waals surface area (Å²) in [6.07, 6.45) is -0.859. The van der Waals surface area contributed by atoms with Gasteiger partial charge >= 0.3 is 5.97 Å². The minimum absolute atomic E-state index is 0.0386. The smallest absolute Gasteiger partial charge is 0.335 e. The van der Waals surface area contributed by atoms with E-state index in [9.17, 15) is 19.8 Å². The number of carboxylic acids is 1. The Hall–Kier alpha value is -3.61. The highest BCUT2D eigenvalue weighted by atomic mass is 16.5. The molecule has 12 nitrogen and oxygen atoms in total. The lowest BCUT2D eigenvalue weighted by Gasteiger charge is -2.17. The average Bonchev–Trinajstić information content (AvgIpc) is 3.32. The second-order valence-electron chi connectivity index (χ2n) is 7.57. The molecule has 0 saturated carbocycles. The number of carboxylic acid groups (broad SMARTS) is 1. The lowest BCUT2D eigenvalue weighted by Crippen LogP contribution is -2.24. The van der Waals surface area contributed by atoms with E-state index >= 15 is 0 Å². The molecule has 1 saturated heterocycles. The topological polar surface area (TPSA) is 166 Å². The van der Waals surface area contributed by atoms with Crippen molar-refractivity contribution in [2.24, 2.45) is 4.99 Å². The van der Waals surface area contributed by atoms with Gasteiger partial charge in [0.1, 0.15) is 18.2 Å². The number of carbonyl (C=O) groups is 1. The van der Waals surface area contributed by atoms with Crippen LogP contribution in [0.25, 0.3) is 22.6 Å². The van der Waals surface area contributed by atoms with Crippen molar-refractivity contribution in [2.45, 2.75) is 24.9 Å². The number of ether oxygens (including phenoxy) is 1. The summed E-state index contributed by atoms with van der Waals surface area (Å²) in [5.41, 5.74) is 0.335. The van der Waals surface area contributed by atoms with E-state index in [-0.39, 0.29) is 35.7 Å². The van der Waals surface area contributed by atoms with Crippen LogP contribution in [0.1, 0.15) is 23.0 Å². The van der Waals surface area contributed by atoms with E-state index in [1.807, 2.05) is 0 Å². The average molecular weight is 442 g/mol. The Morgan fingerprint density at radius 1 is 1.34 bits per heavy atom. The number of hydrogen-bond acceptors (Lipinski definition) is 8. The fraction of sp³-hybridized carbons (Fsp3) is 0.350. The number of aliphatic hydroxyl groups excluding tert-OH is 2. The third-order valence-electron chi connectivity index (χ3n) is 5.01. The Bertz CT molecular complexity index is 1230. The summed E-state index contributed by atoms with van der Waals surface area (Å²) >= 11 is 0. The highest BCUT2D eigenvalue weighted by Gasteiger charge is 2.37. The number of aromatic nitrogens is 4. The third kappa shape index (κ3) is 3.98. The fourth-order valence-corrected chi connectivity index (χ4v) is 3.48. The molecule has 0 spiro atoms. The second-order valence-corrected chi connectivity index (χ2v) is 7.57. The van der Waals surface area contributed by atoms with Crippen molar-refractivity contribution in [1.82, 2.24) is 24.4 Å². The van der Waals surface area contributed by atoms with Crippen molar-refractivity contribution < 1.29 is 24.9 Å². The van der Waals surface area contributed by atoms with Crippen LogP contribution < -0.4 is 5.56 Å². The summed E-state index contributed by atoms with van der Waals surface area (Å²) in [5.74, 6) is -0.707. The molecule has 2 aromatic heterocycles. The van der Waals surface area contributed by atoms with E-state index in [0.717, 1.165) is 0 Å². The van der Waals surface area contributed by atoms with Gasteiger partial charge < -0.3 is 25.0 Å². The van der Waals surface area contributed by atoms with Gasteiger partial charge in [0.2, 0.25) is 5.95 Å². The van der Waals surface area contributed by atoms with E-state index in [2.05, 4.69) is 19.9 Å². The van der Waals surface area contributed by atoms with Crippen LogP contribution in [0.15, 0.2) is 34.1 Å². The highest BCUT2D eigenvalue weighted by Crippen LogP contribution is 2.35. The number of rotatable bonds is 6. The predicted octanol–water partition coefficient (Wildman–Crippen LogP) is 0.347. The number of hydrogen-bond donors (Lipinski definition) is 4. The Labute approximate surface area is 181 Å². The first-order valence-corrected chi connectivity index (χ1v) is 9.79. The first kappa shape index (κ1) is 21.6. The number of aromatic carboxylic acids is 1. The van der Waals surface area contributed by atoms with Gasteiger partial charge in [-0.25, -0.2) is 14.8 Å². The number of aromatic amines is 1. The number of nitrogens with one attached hydrogen (secondary N) is 1. The molecular formula is C20H22N6O6. The van der Waals surface area contributed by atoms with Crippen molar-refractivity contribution in [3.63, 3.8) is 0 Å². The Kier molecular flexibility index (Phi) is 5.74. The molecule has 3 atom stereocenters. The van der Waals surface area contributed by atoms with E-state index in [4.69, 9.17) is 9.84 Å². The molecule has 4 rings (SSSR count). The SMILES string of the molecule is CN(C)C=Nc1nc2c(nc(-c3ccc(C(=O)O)cc3)n2[C@H]2C[C@H](O)[C@@H](CO)O2)c(=O)[nH]1. The predicted molar refractivity (Wildman–Crippen MR) is 114 cm³/mol. The molecule has 32 heavy (non-hydrogen) atoms. The number of fused-ring (bicyclic) bond motifs is 1. The Morgan fingerprint density at radius 2 is 2.06 bits per heavy atom. The van der Waals surface area contributed by atoms with Gasteiger partial charge in [-0.3, -0.25) is 14.3 Å². The summed E-state index contributed by atoms with van der Waals surface area (Å²) in [7, 11) is 3.54. The van der Waals surface area contributed by atoms with E-state index in [1.54, 1.807) is 35.7 Å². The maximum atomic E-state index is 12.7. The first-order chi connectivity index (χ1) is 15.3. The summed E-state index contributed by atoms with van der Waals surface area (Å²) in [6, 6.07) is 5.98. The maximum Gasteiger partial charge on any atom is 0.335 e. The van der Waals surface area contributed by atoms with Gasteiger partial charge in [-0.15, -0.1) is 0 Å². The summed E-state index contributed by atoms with van der Waals surface area (Å²) in [5, 5.41) is 28.9. The molecule has 1 aromatic carbocycles. The zero-order valence-electron chi connectivity index (χ0n) is 17.3. The van der Waals surface area contributed by atoms with E-state index in [0.29, 0.717) is 11.4 Å². The second kappa shape index (κ2) is 8.49. The first-order valence-electron chi connectivity index (χ1n) is 9.79. The highest BCUT2D eigenvalue weighted by molar-refractivity contribution is 5.88. The molecular weight excluding hydrogens is 420 g/mol. The van der Waals surface area contributed by atoms with Crippen molar-refractivity contribution in [2.75, 3.05) is 20.7 Å². The molecule has 1 aliphatic heterocycles. The zero-order valence-corrected chi connectivity index (χ0v) is 17.3. The van der Waals surface area contributed by atoms with Gasteiger partial charge in [0, 0.05) is 26.1 Å². The number of H-pyrrole nitrogens is 1. The molecule has 4 N–H and O–H groups in total. The van der Waals surface area contributed by atoms with Crippen molar-refractivity contribution in [3.05, 3.63) is 40.2 Å². The molecule has 168 valence electrons. The molecule has 0 amide bonds. The monoisotopic (exact) mass is 442 g/mol. The van der Waals surface area contributed by atoms with Crippen LogP contribution in [0.4, 0.5) is 5.95 Å². The van der Waals surface area contributed by atoms with Gasteiger partial charge in [0.05, 0.1) is 24.6 Å². The molecule has 1 fully saturated rings. The van der Waals surface area contributed by atoms with Crippen LogP contribution in [-0.2, 0) is 4.74 Å². The standard InChI is InChI=1S/C20H22N6O6/c1-25(2)9-21-20-23-17-15(18(29)24-20)22-16(10-3-5-11(6-4-10)19(30)31)26(17)14-7-12(28)13(8-27)32-14/h3-6,9,12-14,27-28H,7-8H2,1-2H3,(H,30,31)(H,23,24,29)/t12-,13+,14+/m0/s1. The number of benzene rings is 1. The molecule has 0 bridgehead atoms. The largest absolute Gasteiger partial charge is 0.478 e. The minimum Gasteiger partial charge on any atom is -0.478 e. The fourth-order valence-electron chi connectivity index (χ4n) is 3.48. The summed E-state index contributed by atoms with van der Waals surface area (Å²) < 4.78 is 7.37. The van der Waals surface area contributed by atoms with Gasteiger partial charge in [0.15, 0.2) is 11.2 Å². The van der Waals surface area contributed by atoms with Crippen molar-refractivity contribution in [3.8, 4) is 11.4 Å². The lowest BCUT2D eigenvalue weighted by atomic mass is 10.1. The van der Waals surface area contributed by atoms with Crippen LogP contribution in [-0.4, -0.2) is 85.0 Å². The van der Waals surface area contributed by atoms with Gasteiger partial charge in [0.25, 0.3) is 5.56 Å². The van der Waals surface area contributed by atoms with Gasteiger partial charge in [-0.05, 0) is 12.1 Å². The molecule has 12 heteroatoms. The molecule has 3 heterocycles. The van der Waals surface area contributed by atoms with Crippen LogP contribution in [0.3, 0.4) is 0 Å². The third-order valence-corrected chi connectivity index (χ3v) is 5.01. The zero-order chi connectivity index (χ0) is 23.0. The van der Waals surface area contributed by atoms with Crippen LogP contribution in [0.2, 0.25) is 0 Å². The van der Waals surface area contributed by atoms with Crippen molar-refractivity contribution in [1.29, 1.82) is 0 Å². The van der Waals surface area contributed by atoms with Gasteiger partial charge in [-0.1, -0.05) is 12.1 Å². The summed E-state index contributed by atoms with van der Waals surface area (Å²) in [6.45, 7) is -0.376. The lowest BCUT2D eigenvalue weighted by molar-refractivity contribution is -0.0426. The Morgan fingerprint density at radius 3 is 2.66 bits per heavy atom. The van der Waals surface area contributed by atoms with Crippen LogP contribution in [0.5, 0.6) is 0 Å². The summed E-state index contributed by atoms with van der Waals surface area (Å²) in [4.78, 5) is 41.2. The number of aliphatic hydroxyl groups is 2. The van der Waals surface area contributed by atoms with Crippen LogP contribution in [0, 0.1) is 0 Å². The Balaban J connectivity index is 1.91. The molecule has 0 radical (unpaired) electrons. The normalized spacial score (nSPS) is 20.9. The quantitative estimate of drug-likeness (QED) is 0.311. The van der Waals surface area contributed by atoms with Crippen molar-refractivity contribution >= 4 is 29.4 Å². The molecule has 3 aromatic rings. The molecule has 0 unspecified atom stereocenters. The molecule has 1 aliphatic rings. The van der Waals surface area contributed by atoms with Gasteiger partial charge in [-0.2, -0.15) is 4.98 Å². The van der Waals surface area contributed by atoms with E-state index < -0.39 is 30.0 Å². The minimum atomic E-state index is -1.07. The number of imidazole rings is 1. The van der Waals surface area contributed by atoms with E-state index in [1.165, 1.54) is 18.5 Å². The molecule has 0 aliphatic carbocycles. The maximum absolute atomic E-state index is 12.7.